The van der Waals surface area contributed by atoms with E-state index in [1.165, 1.54) is 11.1 Å². The zero-order valence-corrected chi connectivity index (χ0v) is 22.8. The lowest BCUT2D eigenvalue weighted by atomic mass is 9.88. The first-order valence-electron chi connectivity index (χ1n) is 12.6. The van der Waals surface area contributed by atoms with E-state index in [1.54, 1.807) is 25.3 Å². The van der Waals surface area contributed by atoms with Gasteiger partial charge in [0.1, 0.15) is 31.1 Å². The molecule has 0 saturated carbocycles. The maximum atomic E-state index is 11.8. The van der Waals surface area contributed by atoms with E-state index in [1.807, 2.05) is 0 Å². The van der Waals surface area contributed by atoms with Crippen molar-refractivity contribution in [1.29, 1.82) is 5.26 Å². The number of esters is 1. The van der Waals surface area contributed by atoms with Crippen LogP contribution in [-0.4, -0.2) is 56.2 Å². The number of nitriles is 1. The van der Waals surface area contributed by atoms with E-state index >= 15 is 0 Å². The first-order chi connectivity index (χ1) is 17.3. The molecule has 1 aliphatic rings. The van der Waals surface area contributed by atoms with Crippen LogP contribution in [0.4, 0.5) is 0 Å². The molecule has 1 aliphatic carbocycles. The van der Waals surface area contributed by atoms with Gasteiger partial charge in [0.05, 0.1) is 12.2 Å². The number of nitrogens with zero attached hydrogens (tertiary/aromatic N) is 1. The van der Waals surface area contributed by atoms with Crippen molar-refractivity contribution in [2.24, 2.45) is 5.92 Å². The Kier molecular flexibility index (Phi) is 12.4. The summed E-state index contributed by atoms with van der Waals surface area (Å²) in [7, 11) is 1.55. The molecule has 0 heterocycles. The SMILES string of the molecule is COCCOC(=O)CCc1ccc(C#N)c(OC[C@H](O)CNC(C)(C)CC2Cc3ccccc3C2)c1.Cl. The predicted octanol–water partition coefficient (Wildman–Crippen LogP) is 4.02. The Balaban J connectivity index is 0.00000481. The first kappa shape index (κ1) is 30.6. The summed E-state index contributed by atoms with van der Waals surface area (Å²) >= 11 is 0. The molecule has 0 radical (unpaired) electrons. The van der Waals surface area contributed by atoms with Crippen molar-refractivity contribution in [3.8, 4) is 11.8 Å². The van der Waals surface area contributed by atoms with Crippen molar-refractivity contribution in [3.63, 3.8) is 0 Å². The van der Waals surface area contributed by atoms with Crippen molar-refractivity contribution in [2.45, 2.75) is 57.6 Å². The molecule has 37 heavy (non-hydrogen) atoms. The fourth-order valence-corrected chi connectivity index (χ4v) is 4.72. The van der Waals surface area contributed by atoms with Gasteiger partial charge in [-0.1, -0.05) is 30.3 Å². The Hall–Kier alpha value is -2.63. The number of ether oxygens (including phenoxy) is 3. The molecule has 1 atom stereocenters. The van der Waals surface area contributed by atoms with Crippen LogP contribution in [0.3, 0.4) is 0 Å². The topological polar surface area (TPSA) is 101 Å². The molecule has 0 bridgehead atoms. The van der Waals surface area contributed by atoms with Gasteiger partial charge in [0.25, 0.3) is 0 Å². The Bertz CT molecular complexity index is 1030. The van der Waals surface area contributed by atoms with E-state index in [9.17, 15) is 15.2 Å². The van der Waals surface area contributed by atoms with Crippen LogP contribution < -0.4 is 10.1 Å². The Labute approximate surface area is 226 Å². The summed E-state index contributed by atoms with van der Waals surface area (Å²) in [4.78, 5) is 11.8. The minimum absolute atomic E-state index is 0. The normalized spacial score (nSPS) is 13.8. The van der Waals surface area contributed by atoms with E-state index in [0.717, 1.165) is 24.8 Å². The quantitative estimate of drug-likeness (QED) is 0.281. The van der Waals surface area contributed by atoms with Crippen LogP contribution in [0.2, 0.25) is 0 Å². The van der Waals surface area contributed by atoms with Crippen molar-refractivity contribution in [1.82, 2.24) is 5.32 Å². The molecular weight excluding hydrogens is 492 g/mol. The molecule has 0 fully saturated rings. The van der Waals surface area contributed by atoms with E-state index in [4.69, 9.17) is 14.2 Å². The summed E-state index contributed by atoms with van der Waals surface area (Å²) in [6.45, 7) is 5.39. The lowest BCUT2D eigenvalue weighted by molar-refractivity contribution is -0.144. The Morgan fingerprint density at radius 2 is 1.89 bits per heavy atom. The number of methoxy groups -OCH3 is 1. The van der Waals surface area contributed by atoms with Crippen LogP contribution in [0.1, 0.15) is 48.9 Å². The molecule has 0 amide bonds. The second-order valence-corrected chi connectivity index (χ2v) is 10.1. The summed E-state index contributed by atoms with van der Waals surface area (Å²) in [5, 5.41) is 23.5. The number of fused-ring (bicyclic) bond motifs is 1. The maximum absolute atomic E-state index is 11.8. The Morgan fingerprint density at radius 3 is 2.54 bits per heavy atom. The third-order valence-electron chi connectivity index (χ3n) is 6.52. The smallest absolute Gasteiger partial charge is 0.306 e. The van der Waals surface area contributed by atoms with Crippen molar-refractivity contribution in [3.05, 3.63) is 64.7 Å². The van der Waals surface area contributed by atoms with Crippen LogP contribution in [-0.2, 0) is 33.5 Å². The molecule has 2 aromatic carbocycles. The number of halogens is 1. The number of aliphatic hydroxyl groups is 1. The molecule has 2 aromatic rings. The highest BCUT2D eigenvalue weighted by molar-refractivity contribution is 5.85. The van der Waals surface area contributed by atoms with Gasteiger partial charge in [0, 0.05) is 25.6 Å². The van der Waals surface area contributed by atoms with Crippen LogP contribution in [0.25, 0.3) is 0 Å². The van der Waals surface area contributed by atoms with Crippen LogP contribution in [0, 0.1) is 17.2 Å². The molecular formula is C29H39ClN2O5. The van der Waals surface area contributed by atoms with Gasteiger partial charge in [-0.05, 0) is 74.3 Å². The lowest BCUT2D eigenvalue weighted by Gasteiger charge is -2.30. The van der Waals surface area contributed by atoms with Gasteiger partial charge in [0.2, 0.25) is 0 Å². The summed E-state index contributed by atoms with van der Waals surface area (Å²) in [6.07, 6.45) is 3.19. The van der Waals surface area contributed by atoms with Gasteiger partial charge in [-0.3, -0.25) is 4.79 Å². The molecule has 0 aliphatic heterocycles. The molecule has 3 rings (SSSR count). The maximum Gasteiger partial charge on any atom is 0.306 e. The third kappa shape index (κ3) is 9.98. The molecule has 0 unspecified atom stereocenters. The lowest BCUT2D eigenvalue weighted by Crippen LogP contribution is -2.46. The number of β-amino-alcohol motifs (C(OH)–C–C–N with tert-alkyl or cyclic N) is 1. The number of rotatable bonds is 14. The monoisotopic (exact) mass is 530 g/mol. The number of carbonyl (C=O) groups is 1. The summed E-state index contributed by atoms with van der Waals surface area (Å²) in [5.74, 6) is 0.700. The van der Waals surface area contributed by atoms with E-state index in [-0.39, 0.29) is 43.5 Å². The van der Waals surface area contributed by atoms with Gasteiger partial charge in [-0.25, -0.2) is 0 Å². The second-order valence-electron chi connectivity index (χ2n) is 10.1. The minimum Gasteiger partial charge on any atom is -0.489 e. The van der Waals surface area contributed by atoms with Crippen LogP contribution >= 0.6 is 12.4 Å². The van der Waals surface area contributed by atoms with Crippen molar-refractivity contribution in [2.75, 3.05) is 33.5 Å². The third-order valence-corrected chi connectivity index (χ3v) is 6.52. The van der Waals surface area contributed by atoms with Gasteiger partial charge in [0.15, 0.2) is 0 Å². The van der Waals surface area contributed by atoms with Gasteiger partial charge in [-0.15, -0.1) is 12.4 Å². The van der Waals surface area contributed by atoms with E-state index < -0.39 is 6.10 Å². The van der Waals surface area contributed by atoms with Crippen LogP contribution in [0.5, 0.6) is 5.75 Å². The minimum atomic E-state index is -0.726. The van der Waals surface area contributed by atoms with E-state index in [2.05, 4.69) is 49.5 Å². The number of aryl methyl sites for hydroxylation is 1. The highest BCUT2D eigenvalue weighted by Crippen LogP contribution is 2.31. The average Bonchev–Trinajstić information content (AvgIpc) is 3.26. The second kappa shape index (κ2) is 14.9. The molecule has 8 heteroatoms. The number of hydrogen-bond donors (Lipinski definition) is 2. The molecule has 2 N–H and O–H groups in total. The van der Waals surface area contributed by atoms with Crippen LogP contribution in [0.15, 0.2) is 42.5 Å². The zero-order chi connectivity index (χ0) is 26.0. The predicted molar refractivity (Wildman–Crippen MR) is 145 cm³/mol. The largest absolute Gasteiger partial charge is 0.489 e. The standard InChI is InChI=1S/C29H38N2O5.ClH/c1-29(2,17-22-14-23-6-4-5-7-24(23)15-22)31-19-26(32)20-36-27-16-21(8-10-25(27)18-30)9-11-28(33)35-13-12-34-3;/h4-8,10,16,22,26,31-32H,9,11-15,17,19-20H2,1-3H3;1H/t26-;/m1./s1. The van der Waals surface area contributed by atoms with Gasteiger partial charge in [-0.2, -0.15) is 5.26 Å². The van der Waals surface area contributed by atoms with Gasteiger partial charge < -0.3 is 24.6 Å². The Morgan fingerprint density at radius 1 is 1.19 bits per heavy atom. The number of nitrogens with one attached hydrogen (secondary N) is 1. The number of carbonyl (C=O) groups excluding carboxylic acids is 1. The number of benzene rings is 2. The fourth-order valence-electron chi connectivity index (χ4n) is 4.72. The highest BCUT2D eigenvalue weighted by Gasteiger charge is 2.28. The average molecular weight is 531 g/mol. The highest BCUT2D eigenvalue weighted by atomic mass is 35.5. The zero-order valence-electron chi connectivity index (χ0n) is 22.0. The van der Waals surface area contributed by atoms with E-state index in [0.29, 0.717) is 36.8 Å². The molecule has 0 saturated heterocycles. The van der Waals surface area contributed by atoms with Crippen molar-refractivity contribution >= 4 is 18.4 Å². The molecule has 0 spiro atoms. The molecule has 0 aromatic heterocycles. The molecule has 202 valence electrons. The first-order valence-corrected chi connectivity index (χ1v) is 12.6. The fraction of sp³-hybridized carbons (Fsp3) is 0.517. The van der Waals surface area contributed by atoms with Gasteiger partial charge >= 0.3 is 5.97 Å². The van der Waals surface area contributed by atoms with Crippen molar-refractivity contribution < 1.29 is 24.1 Å². The summed E-state index contributed by atoms with van der Waals surface area (Å²) in [6, 6.07) is 16.0. The number of hydrogen-bond acceptors (Lipinski definition) is 7. The summed E-state index contributed by atoms with van der Waals surface area (Å²) in [5.41, 5.74) is 4.03. The molecule has 7 nitrogen and oxygen atoms in total. The number of aliphatic hydroxyl groups excluding tert-OH is 1. The summed E-state index contributed by atoms with van der Waals surface area (Å²) < 4.78 is 15.8.